The summed E-state index contributed by atoms with van der Waals surface area (Å²) in [6.45, 7) is 5.36. The molecule has 0 amide bonds. The van der Waals surface area contributed by atoms with Gasteiger partial charge in [0, 0.05) is 0 Å². The smallest absolute Gasteiger partial charge is 0.344 e. The second-order valence-corrected chi connectivity index (χ2v) is 7.72. The molecule has 4 saturated carbocycles. The van der Waals surface area contributed by atoms with Crippen molar-refractivity contribution in [2.24, 2.45) is 29.6 Å². The van der Waals surface area contributed by atoms with Crippen LogP contribution in [0.3, 0.4) is 0 Å². The Balaban J connectivity index is 1.59. The lowest BCUT2D eigenvalue weighted by molar-refractivity contribution is -0.207. The molecule has 4 aliphatic carbocycles. The molecule has 0 N–H and O–H groups in total. The second-order valence-electron chi connectivity index (χ2n) is 7.72. The van der Waals surface area contributed by atoms with Gasteiger partial charge in [-0.3, -0.25) is 4.79 Å². The van der Waals surface area contributed by atoms with Crippen molar-refractivity contribution in [2.45, 2.75) is 58.5 Å². The molecule has 0 aromatic carbocycles. The molecule has 0 aliphatic heterocycles. The van der Waals surface area contributed by atoms with E-state index >= 15 is 0 Å². The van der Waals surface area contributed by atoms with Crippen molar-refractivity contribution in [1.29, 1.82) is 0 Å². The summed E-state index contributed by atoms with van der Waals surface area (Å²) in [6.07, 6.45) is 6.17. The molecule has 0 heterocycles. The average Bonchev–Trinajstić information content (AvgIpc) is 2.41. The standard InChI is InChI=1S/C17H26O4/c1-10(2)16(19)20-9-15(18)21-17(3)13-5-11-4-12(7-13)8-14(17)6-11/h10-14H,4-9H2,1-3H3. The van der Waals surface area contributed by atoms with Gasteiger partial charge in [0.25, 0.3) is 0 Å². The number of hydrogen-bond donors (Lipinski definition) is 0. The summed E-state index contributed by atoms with van der Waals surface area (Å²) in [5, 5.41) is 0. The minimum absolute atomic E-state index is 0.213. The highest BCUT2D eigenvalue weighted by atomic mass is 16.6. The summed E-state index contributed by atoms with van der Waals surface area (Å²) in [5.74, 6) is 1.74. The van der Waals surface area contributed by atoms with Crippen LogP contribution in [0.4, 0.5) is 0 Å². The van der Waals surface area contributed by atoms with E-state index in [0.717, 1.165) is 11.8 Å². The Morgan fingerprint density at radius 1 is 1.05 bits per heavy atom. The fraction of sp³-hybridized carbons (Fsp3) is 0.882. The van der Waals surface area contributed by atoms with Gasteiger partial charge in [0.2, 0.25) is 0 Å². The zero-order valence-electron chi connectivity index (χ0n) is 13.3. The summed E-state index contributed by atoms with van der Waals surface area (Å²) >= 11 is 0. The van der Waals surface area contributed by atoms with E-state index in [9.17, 15) is 9.59 Å². The average molecular weight is 294 g/mol. The number of esters is 2. The topological polar surface area (TPSA) is 52.6 Å². The number of ether oxygens (including phenoxy) is 2. The third-order valence-corrected chi connectivity index (χ3v) is 5.90. The third-order valence-electron chi connectivity index (χ3n) is 5.90. The van der Waals surface area contributed by atoms with E-state index in [1.807, 2.05) is 0 Å². The first kappa shape index (κ1) is 14.9. The van der Waals surface area contributed by atoms with Crippen molar-refractivity contribution >= 4 is 11.9 Å². The zero-order chi connectivity index (χ0) is 15.2. The highest BCUT2D eigenvalue weighted by Crippen LogP contribution is 2.59. The van der Waals surface area contributed by atoms with E-state index in [4.69, 9.17) is 9.47 Å². The Labute approximate surface area is 126 Å². The van der Waals surface area contributed by atoms with Gasteiger partial charge < -0.3 is 9.47 Å². The largest absolute Gasteiger partial charge is 0.456 e. The van der Waals surface area contributed by atoms with Crippen LogP contribution >= 0.6 is 0 Å². The van der Waals surface area contributed by atoms with Gasteiger partial charge in [0.15, 0.2) is 6.61 Å². The maximum Gasteiger partial charge on any atom is 0.344 e. The van der Waals surface area contributed by atoms with Crippen LogP contribution in [0.2, 0.25) is 0 Å². The van der Waals surface area contributed by atoms with Crippen LogP contribution in [0.15, 0.2) is 0 Å². The fourth-order valence-corrected chi connectivity index (χ4v) is 4.86. The summed E-state index contributed by atoms with van der Waals surface area (Å²) < 4.78 is 10.8. The molecule has 4 heteroatoms. The minimum Gasteiger partial charge on any atom is -0.456 e. The molecule has 0 unspecified atom stereocenters. The van der Waals surface area contributed by atoms with E-state index in [1.54, 1.807) is 13.8 Å². The van der Waals surface area contributed by atoms with Crippen molar-refractivity contribution < 1.29 is 19.1 Å². The van der Waals surface area contributed by atoms with Crippen LogP contribution < -0.4 is 0 Å². The predicted octanol–water partition coefficient (Wildman–Crippen LogP) is 2.94. The fourth-order valence-electron chi connectivity index (χ4n) is 4.86. The molecule has 0 spiro atoms. The van der Waals surface area contributed by atoms with E-state index in [0.29, 0.717) is 11.8 Å². The van der Waals surface area contributed by atoms with Crippen LogP contribution in [0, 0.1) is 29.6 Å². The Bertz CT molecular complexity index is 412. The second kappa shape index (κ2) is 5.29. The molecule has 4 fully saturated rings. The Hall–Kier alpha value is -1.06. The van der Waals surface area contributed by atoms with Crippen molar-refractivity contribution in [3.8, 4) is 0 Å². The molecule has 0 saturated heterocycles. The van der Waals surface area contributed by atoms with Crippen molar-refractivity contribution in [1.82, 2.24) is 0 Å². The first-order valence-corrected chi connectivity index (χ1v) is 8.27. The lowest BCUT2D eigenvalue weighted by Gasteiger charge is -2.59. The van der Waals surface area contributed by atoms with Crippen LogP contribution in [-0.4, -0.2) is 24.1 Å². The van der Waals surface area contributed by atoms with Crippen molar-refractivity contribution in [2.75, 3.05) is 6.61 Å². The third kappa shape index (κ3) is 2.69. The number of carbonyl (C=O) groups is 2. The highest BCUT2D eigenvalue weighted by molar-refractivity contribution is 5.77. The number of carbonyl (C=O) groups excluding carboxylic acids is 2. The van der Waals surface area contributed by atoms with Crippen LogP contribution in [0.25, 0.3) is 0 Å². The molecule has 4 aliphatic rings. The van der Waals surface area contributed by atoms with Gasteiger partial charge in [-0.25, -0.2) is 4.79 Å². The van der Waals surface area contributed by atoms with E-state index in [2.05, 4.69) is 6.92 Å². The summed E-state index contributed by atoms with van der Waals surface area (Å²) in [6, 6.07) is 0. The van der Waals surface area contributed by atoms with Crippen LogP contribution in [-0.2, 0) is 19.1 Å². The summed E-state index contributed by atoms with van der Waals surface area (Å²) in [4.78, 5) is 23.5. The first-order valence-electron chi connectivity index (χ1n) is 8.27. The lowest BCUT2D eigenvalue weighted by atomic mass is 9.50. The molecule has 118 valence electrons. The molecule has 21 heavy (non-hydrogen) atoms. The Morgan fingerprint density at radius 3 is 2.05 bits per heavy atom. The van der Waals surface area contributed by atoms with Crippen molar-refractivity contribution in [3.05, 3.63) is 0 Å². The monoisotopic (exact) mass is 294 g/mol. The SMILES string of the molecule is CC(C)C(=O)OCC(=O)OC1(C)C2CC3CC(C2)CC1C3. The van der Waals surface area contributed by atoms with E-state index in [1.165, 1.54) is 32.1 Å². The summed E-state index contributed by atoms with van der Waals surface area (Å²) in [5.41, 5.74) is -0.339. The van der Waals surface area contributed by atoms with Crippen LogP contribution in [0.1, 0.15) is 52.9 Å². The molecule has 4 nitrogen and oxygen atoms in total. The number of hydrogen-bond acceptors (Lipinski definition) is 4. The molecule has 0 aromatic rings. The lowest BCUT2D eigenvalue weighted by Crippen LogP contribution is -2.58. The molecule has 4 rings (SSSR count). The van der Waals surface area contributed by atoms with Gasteiger partial charge in [-0.15, -0.1) is 0 Å². The van der Waals surface area contributed by atoms with Crippen LogP contribution in [0.5, 0.6) is 0 Å². The van der Waals surface area contributed by atoms with Gasteiger partial charge in [0.1, 0.15) is 5.60 Å². The van der Waals surface area contributed by atoms with Gasteiger partial charge in [-0.1, -0.05) is 13.8 Å². The molecule has 4 bridgehead atoms. The molecular weight excluding hydrogens is 268 g/mol. The molecule has 0 atom stereocenters. The van der Waals surface area contributed by atoms with Gasteiger partial charge >= 0.3 is 11.9 Å². The Kier molecular flexibility index (Phi) is 3.74. The van der Waals surface area contributed by atoms with Gasteiger partial charge in [-0.05, 0) is 62.7 Å². The van der Waals surface area contributed by atoms with E-state index in [-0.39, 0.29) is 30.1 Å². The summed E-state index contributed by atoms with van der Waals surface area (Å²) in [7, 11) is 0. The Morgan fingerprint density at radius 2 is 1.57 bits per heavy atom. The highest BCUT2D eigenvalue weighted by Gasteiger charge is 2.57. The van der Waals surface area contributed by atoms with E-state index < -0.39 is 0 Å². The first-order chi connectivity index (χ1) is 9.88. The maximum absolute atomic E-state index is 12.1. The number of rotatable bonds is 4. The van der Waals surface area contributed by atoms with Gasteiger partial charge in [-0.2, -0.15) is 0 Å². The normalized spacial score (nSPS) is 40.4. The van der Waals surface area contributed by atoms with Gasteiger partial charge in [0.05, 0.1) is 5.92 Å². The molecular formula is C17H26O4. The molecule has 0 radical (unpaired) electrons. The minimum atomic E-state index is -0.390. The zero-order valence-corrected chi connectivity index (χ0v) is 13.3. The predicted molar refractivity (Wildman–Crippen MR) is 77.3 cm³/mol. The molecule has 0 aromatic heterocycles. The van der Waals surface area contributed by atoms with Crippen molar-refractivity contribution in [3.63, 3.8) is 0 Å². The maximum atomic E-state index is 12.1. The quantitative estimate of drug-likeness (QED) is 0.748.